The molecule has 0 N–H and O–H groups in total. The summed E-state index contributed by atoms with van der Waals surface area (Å²) in [5.41, 5.74) is 0. The number of rotatable bonds is 2. The Bertz CT molecular complexity index is 496. The number of benzene rings is 1. The lowest BCUT2D eigenvalue weighted by atomic mass is 10.3. The van der Waals surface area contributed by atoms with Crippen molar-refractivity contribution in [1.82, 2.24) is 0 Å². The van der Waals surface area contributed by atoms with Gasteiger partial charge in [0.15, 0.2) is 0 Å². The molecule has 3 nitrogen and oxygen atoms in total. The maximum Gasteiger partial charge on any atom is 0.420 e. The Morgan fingerprint density at radius 2 is 2.00 bits per heavy atom. The molecule has 1 amide bonds. The van der Waals surface area contributed by atoms with Crippen molar-refractivity contribution in [2.75, 3.05) is 11.9 Å². The van der Waals surface area contributed by atoms with Crippen LogP contribution in [-0.2, 0) is 0 Å². The number of carbonyl (C=O) groups is 1. The fourth-order valence-corrected chi connectivity index (χ4v) is 1.91. The second-order valence-corrected chi connectivity index (χ2v) is 4.26. The van der Waals surface area contributed by atoms with Crippen LogP contribution in [0.15, 0.2) is 41.8 Å². The molecule has 17 heavy (non-hydrogen) atoms. The van der Waals surface area contributed by atoms with Crippen molar-refractivity contribution in [2.24, 2.45) is 0 Å². The van der Waals surface area contributed by atoms with Gasteiger partial charge in [-0.15, -0.1) is 11.3 Å². The van der Waals surface area contributed by atoms with Crippen LogP contribution in [0.25, 0.3) is 0 Å². The Kier molecular flexibility index (Phi) is 3.39. The third kappa shape index (κ3) is 2.82. The lowest BCUT2D eigenvalue weighted by Gasteiger charge is -2.14. The van der Waals surface area contributed by atoms with Crippen LogP contribution >= 0.6 is 11.3 Å². The largest absolute Gasteiger partial charge is 0.420 e. The molecule has 2 rings (SSSR count). The Balaban J connectivity index is 2.04. The number of nitrogens with zero attached hydrogens (tertiary/aromatic N) is 1. The van der Waals surface area contributed by atoms with Crippen molar-refractivity contribution in [2.45, 2.75) is 0 Å². The first-order valence-corrected chi connectivity index (χ1v) is 5.79. The molecule has 0 fully saturated rings. The summed E-state index contributed by atoms with van der Waals surface area (Å²) in [5, 5.41) is 2.66. The van der Waals surface area contributed by atoms with E-state index >= 15 is 0 Å². The average molecular weight is 251 g/mol. The zero-order valence-corrected chi connectivity index (χ0v) is 9.91. The SMILES string of the molecule is CN(C(=O)Oc1ccc(F)cc1)c1cccs1. The molecule has 0 saturated carbocycles. The molecule has 2 aromatic rings. The molecule has 5 heteroatoms. The molecule has 1 heterocycles. The molecule has 0 aliphatic carbocycles. The molecule has 0 spiro atoms. The molecule has 0 atom stereocenters. The first kappa shape index (κ1) is 11.6. The van der Waals surface area contributed by atoms with Crippen LogP contribution in [0.2, 0.25) is 0 Å². The number of ether oxygens (including phenoxy) is 1. The number of halogens is 1. The van der Waals surface area contributed by atoms with E-state index in [1.807, 2.05) is 17.5 Å². The van der Waals surface area contributed by atoms with Crippen molar-refractivity contribution in [3.05, 3.63) is 47.6 Å². The predicted molar refractivity (Wildman–Crippen MR) is 65.1 cm³/mol. The second kappa shape index (κ2) is 4.97. The number of hydrogen-bond acceptors (Lipinski definition) is 3. The summed E-state index contributed by atoms with van der Waals surface area (Å²) in [4.78, 5) is 13.1. The van der Waals surface area contributed by atoms with Crippen molar-refractivity contribution in [1.29, 1.82) is 0 Å². The molecule has 0 bridgehead atoms. The van der Waals surface area contributed by atoms with Gasteiger partial charge in [0.25, 0.3) is 0 Å². The molecule has 1 aromatic heterocycles. The van der Waals surface area contributed by atoms with Crippen LogP contribution in [0.3, 0.4) is 0 Å². The Hall–Kier alpha value is -1.88. The molecule has 0 saturated heterocycles. The molecule has 0 radical (unpaired) electrons. The molecule has 0 unspecified atom stereocenters. The van der Waals surface area contributed by atoms with Gasteiger partial charge in [-0.3, -0.25) is 4.90 Å². The van der Waals surface area contributed by atoms with Gasteiger partial charge in [0, 0.05) is 7.05 Å². The minimum Gasteiger partial charge on any atom is -0.410 e. The summed E-state index contributed by atoms with van der Waals surface area (Å²) in [6, 6.07) is 8.98. The Morgan fingerprint density at radius 3 is 2.59 bits per heavy atom. The van der Waals surface area contributed by atoms with Gasteiger partial charge in [-0.25, -0.2) is 9.18 Å². The van der Waals surface area contributed by atoms with Gasteiger partial charge >= 0.3 is 6.09 Å². The van der Waals surface area contributed by atoms with Crippen LogP contribution in [0, 0.1) is 5.82 Å². The summed E-state index contributed by atoms with van der Waals surface area (Å²) >= 11 is 1.44. The molecule has 88 valence electrons. The van der Waals surface area contributed by atoms with Crippen LogP contribution < -0.4 is 9.64 Å². The van der Waals surface area contributed by atoms with Gasteiger partial charge in [-0.1, -0.05) is 0 Å². The van der Waals surface area contributed by atoms with E-state index in [0.29, 0.717) is 5.75 Å². The lowest BCUT2D eigenvalue weighted by molar-refractivity contribution is 0.209. The highest BCUT2D eigenvalue weighted by Crippen LogP contribution is 2.21. The fourth-order valence-electron chi connectivity index (χ4n) is 1.22. The van der Waals surface area contributed by atoms with E-state index in [0.717, 1.165) is 5.00 Å². The molecule has 0 aliphatic rings. The lowest BCUT2D eigenvalue weighted by Crippen LogP contribution is -2.28. The number of carbonyl (C=O) groups excluding carboxylic acids is 1. The van der Waals surface area contributed by atoms with Gasteiger partial charge in [0.2, 0.25) is 0 Å². The normalized spacial score (nSPS) is 10.0. The van der Waals surface area contributed by atoms with Gasteiger partial charge in [0.1, 0.15) is 16.6 Å². The first-order chi connectivity index (χ1) is 8.16. The minimum atomic E-state index is -0.501. The Labute approximate surface area is 102 Å². The highest BCUT2D eigenvalue weighted by molar-refractivity contribution is 7.14. The van der Waals surface area contributed by atoms with Crippen LogP contribution in [0.1, 0.15) is 0 Å². The summed E-state index contributed by atoms with van der Waals surface area (Å²) in [7, 11) is 1.62. The summed E-state index contributed by atoms with van der Waals surface area (Å²) in [5.74, 6) is -0.0452. The number of anilines is 1. The standard InChI is InChI=1S/C12H10FNO2S/c1-14(11-3-2-8-17-11)12(15)16-10-6-4-9(13)5-7-10/h2-8H,1H3. The summed E-state index contributed by atoms with van der Waals surface area (Å²) in [6.07, 6.45) is -0.501. The Morgan fingerprint density at radius 1 is 1.29 bits per heavy atom. The summed E-state index contributed by atoms with van der Waals surface area (Å²) < 4.78 is 17.7. The molecule has 1 aromatic carbocycles. The van der Waals surface area contributed by atoms with E-state index in [1.54, 1.807) is 7.05 Å². The van der Waals surface area contributed by atoms with Crippen molar-refractivity contribution < 1.29 is 13.9 Å². The van der Waals surface area contributed by atoms with Gasteiger partial charge in [-0.05, 0) is 41.8 Å². The van der Waals surface area contributed by atoms with E-state index < -0.39 is 6.09 Å². The molecular formula is C12H10FNO2S. The van der Waals surface area contributed by atoms with Gasteiger partial charge < -0.3 is 4.74 Å². The third-order valence-corrected chi connectivity index (χ3v) is 3.07. The summed E-state index contributed by atoms with van der Waals surface area (Å²) in [6.45, 7) is 0. The first-order valence-electron chi connectivity index (χ1n) is 4.91. The third-order valence-electron chi connectivity index (χ3n) is 2.13. The van der Waals surface area contributed by atoms with Crippen molar-refractivity contribution >= 4 is 22.4 Å². The number of thiophene rings is 1. The monoisotopic (exact) mass is 251 g/mol. The van der Waals surface area contributed by atoms with E-state index in [2.05, 4.69) is 0 Å². The topological polar surface area (TPSA) is 29.5 Å². The van der Waals surface area contributed by atoms with Crippen LogP contribution in [-0.4, -0.2) is 13.1 Å². The predicted octanol–water partition coefficient (Wildman–Crippen LogP) is 3.52. The maximum atomic E-state index is 12.7. The quantitative estimate of drug-likeness (QED) is 0.817. The van der Waals surface area contributed by atoms with Gasteiger partial charge in [0.05, 0.1) is 0 Å². The molecular weight excluding hydrogens is 241 g/mol. The van der Waals surface area contributed by atoms with Crippen LogP contribution in [0.5, 0.6) is 5.75 Å². The van der Waals surface area contributed by atoms with Crippen LogP contribution in [0.4, 0.5) is 14.2 Å². The smallest absolute Gasteiger partial charge is 0.410 e. The van der Waals surface area contributed by atoms with Gasteiger partial charge in [-0.2, -0.15) is 0 Å². The number of amides is 1. The highest BCUT2D eigenvalue weighted by Gasteiger charge is 2.13. The highest BCUT2D eigenvalue weighted by atomic mass is 32.1. The van der Waals surface area contributed by atoms with Crippen molar-refractivity contribution in [3.63, 3.8) is 0 Å². The maximum absolute atomic E-state index is 12.7. The average Bonchev–Trinajstić information content (AvgIpc) is 2.84. The molecule has 0 aliphatic heterocycles. The van der Waals surface area contributed by atoms with Crippen molar-refractivity contribution in [3.8, 4) is 5.75 Å². The van der Waals surface area contributed by atoms with E-state index in [4.69, 9.17) is 4.74 Å². The second-order valence-electron chi connectivity index (χ2n) is 3.33. The van der Waals surface area contributed by atoms with E-state index in [9.17, 15) is 9.18 Å². The minimum absolute atomic E-state index is 0.319. The zero-order chi connectivity index (χ0) is 12.3. The van der Waals surface area contributed by atoms with E-state index in [-0.39, 0.29) is 5.82 Å². The number of hydrogen-bond donors (Lipinski definition) is 0. The fraction of sp³-hybridized carbons (Fsp3) is 0.0833. The van der Waals surface area contributed by atoms with E-state index in [1.165, 1.54) is 40.5 Å². The zero-order valence-electron chi connectivity index (χ0n) is 9.09.